The van der Waals surface area contributed by atoms with Gasteiger partial charge in [-0.25, -0.2) is 9.97 Å². The Morgan fingerprint density at radius 1 is 1.50 bits per heavy atom. The SMILES string of the molecule is CC(C)(N)n1cnc2c(=O)[nH]cnc21. The summed E-state index contributed by atoms with van der Waals surface area (Å²) in [5.74, 6) is 0. The molecule has 0 aliphatic carbocycles. The second kappa shape index (κ2) is 2.65. The van der Waals surface area contributed by atoms with Crippen LogP contribution in [0.4, 0.5) is 0 Å². The first kappa shape index (κ1) is 8.89. The van der Waals surface area contributed by atoms with Gasteiger partial charge in [0.15, 0.2) is 11.2 Å². The van der Waals surface area contributed by atoms with E-state index in [0.717, 1.165) is 0 Å². The first-order valence-electron chi connectivity index (χ1n) is 4.20. The molecule has 74 valence electrons. The molecule has 0 saturated carbocycles. The zero-order valence-electron chi connectivity index (χ0n) is 7.98. The minimum absolute atomic E-state index is 0.252. The maximum absolute atomic E-state index is 11.3. The Labute approximate surface area is 79.8 Å². The highest BCUT2D eigenvalue weighted by molar-refractivity contribution is 5.69. The molecule has 0 saturated heterocycles. The fraction of sp³-hybridized carbons (Fsp3) is 0.375. The molecule has 2 aromatic heterocycles. The third-order valence-corrected chi connectivity index (χ3v) is 1.96. The van der Waals surface area contributed by atoms with E-state index in [9.17, 15) is 4.79 Å². The van der Waals surface area contributed by atoms with Gasteiger partial charge in [0.2, 0.25) is 0 Å². The number of rotatable bonds is 1. The van der Waals surface area contributed by atoms with E-state index in [1.165, 1.54) is 12.7 Å². The fourth-order valence-corrected chi connectivity index (χ4v) is 1.27. The number of H-pyrrole nitrogens is 1. The van der Waals surface area contributed by atoms with Crippen molar-refractivity contribution in [3.8, 4) is 0 Å². The summed E-state index contributed by atoms with van der Waals surface area (Å²) in [5, 5.41) is 0. The van der Waals surface area contributed by atoms with Gasteiger partial charge in [0, 0.05) is 0 Å². The maximum atomic E-state index is 11.3. The summed E-state index contributed by atoms with van der Waals surface area (Å²) >= 11 is 0. The molecule has 0 amide bonds. The third-order valence-electron chi connectivity index (χ3n) is 1.96. The lowest BCUT2D eigenvalue weighted by Crippen LogP contribution is -2.35. The average molecular weight is 193 g/mol. The number of nitrogens with two attached hydrogens (primary N) is 1. The summed E-state index contributed by atoms with van der Waals surface area (Å²) in [5.41, 5.74) is 5.83. The summed E-state index contributed by atoms with van der Waals surface area (Å²) < 4.78 is 1.66. The van der Waals surface area contributed by atoms with E-state index < -0.39 is 5.66 Å². The molecule has 0 aromatic carbocycles. The van der Waals surface area contributed by atoms with Crippen LogP contribution in [0.15, 0.2) is 17.4 Å². The molecule has 3 N–H and O–H groups in total. The molecule has 0 aliphatic heterocycles. The van der Waals surface area contributed by atoms with Gasteiger partial charge in [0.25, 0.3) is 5.56 Å². The Bertz CT molecular complexity index is 518. The van der Waals surface area contributed by atoms with Gasteiger partial charge >= 0.3 is 0 Å². The van der Waals surface area contributed by atoms with E-state index >= 15 is 0 Å². The molecular weight excluding hydrogens is 182 g/mol. The zero-order chi connectivity index (χ0) is 10.3. The summed E-state index contributed by atoms with van der Waals surface area (Å²) in [6, 6.07) is 0. The van der Waals surface area contributed by atoms with Gasteiger partial charge < -0.3 is 10.7 Å². The van der Waals surface area contributed by atoms with Gasteiger partial charge in [-0.1, -0.05) is 0 Å². The molecule has 0 fully saturated rings. The van der Waals surface area contributed by atoms with Crippen molar-refractivity contribution in [3.63, 3.8) is 0 Å². The van der Waals surface area contributed by atoms with Crippen LogP contribution in [0.25, 0.3) is 11.2 Å². The van der Waals surface area contributed by atoms with E-state index in [2.05, 4.69) is 15.0 Å². The fourth-order valence-electron chi connectivity index (χ4n) is 1.27. The van der Waals surface area contributed by atoms with E-state index in [1.807, 2.05) is 13.8 Å². The number of aromatic amines is 1. The molecule has 0 atom stereocenters. The molecule has 14 heavy (non-hydrogen) atoms. The van der Waals surface area contributed by atoms with E-state index in [4.69, 9.17) is 5.73 Å². The lowest BCUT2D eigenvalue weighted by atomic mass is 10.2. The summed E-state index contributed by atoms with van der Waals surface area (Å²) in [7, 11) is 0. The number of nitrogens with one attached hydrogen (secondary N) is 1. The predicted octanol–water partition coefficient (Wildman–Crippen LogP) is -0.229. The van der Waals surface area contributed by atoms with Crippen LogP contribution in [0.3, 0.4) is 0 Å². The molecule has 0 bridgehead atoms. The monoisotopic (exact) mass is 193 g/mol. The molecule has 0 unspecified atom stereocenters. The van der Waals surface area contributed by atoms with Crippen LogP contribution >= 0.6 is 0 Å². The standard InChI is InChI=1S/C8H11N5O/c1-8(2,9)13-4-12-5-6(13)10-3-11-7(5)14/h3-4H,9H2,1-2H3,(H,10,11,14). The Hall–Kier alpha value is -1.69. The number of nitrogens with zero attached hydrogens (tertiary/aromatic N) is 3. The van der Waals surface area contributed by atoms with E-state index in [0.29, 0.717) is 11.2 Å². The highest BCUT2D eigenvalue weighted by atomic mass is 16.1. The van der Waals surface area contributed by atoms with Crippen molar-refractivity contribution in [1.29, 1.82) is 0 Å². The van der Waals surface area contributed by atoms with Crippen molar-refractivity contribution in [2.24, 2.45) is 5.73 Å². The van der Waals surface area contributed by atoms with Crippen LogP contribution in [-0.2, 0) is 5.66 Å². The Balaban J connectivity index is 2.83. The van der Waals surface area contributed by atoms with E-state index in [1.54, 1.807) is 4.57 Å². The maximum Gasteiger partial charge on any atom is 0.278 e. The molecule has 0 aliphatic rings. The van der Waals surface area contributed by atoms with Crippen LogP contribution in [0.5, 0.6) is 0 Å². The molecule has 2 rings (SSSR count). The average Bonchev–Trinajstić information content (AvgIpc) is 2.47. The van der Waals surface area contributed by atoms with Crippen LogP contribution in [-0.4, -0.2) is 19.5 Å². The normalized spacial score (nSPS) is 12.2. The summed E-state index contributed by atoms with van der Waals surface area (Å²) in [4.78, 5) is 21.8. The Kier molecular flexibility index (Phi) is 1.68. The number of hydrogen-bond donors (Lipinski definition) is 2. The zero-order valence-corrected chi connectivity index (χ0v) is 7.98. The van der Waals surface area contributed by atoms with E-state index in [-0.39, 0.29) is 5.56 Å². The van der Waals surface area contributed by atoms with Crippen molar-refractivity contribution in [2.75, 3.05) is 0 Å². The number of fused-ring (bicyclic) bond motifs is 1. The van der Waals surface area contributed by atoms with Crippen molar-refractivity contribution in [1.82, 2.24) is 19.5 Å². The van der Waals surface area contributed by atoms with Gasteiger partial charge in [-0.2, -0.15) is 0 Å². The molecule has 2 aromatic rings. The van der Waals surface area contributed by atoms with Crippen molar-refractivity contribution >= 4 is 11.2 Å². The van der Waals surface area contributed by atoms with Gasteiger partial charge in [-0.3, -0.25) is 9.36 Å². The minimum Gasteiger partial charge on any atom is -0.311 e. The van der Waals surface area contributed by atoms with Gasteiger partial charge in [0.05, 0.1) is 18.3 Å². The lowest BCUT2D eigenvalue weighted by Gasteiger charge is -2.20. The minimum atomic E-state index is -0.616. The largest absolute Gasteiger partial charge is 0.311 e. The molecular formula is C8H11N5O. The van der Waals surface area contributed by atoms with Gasteiger partial charge in [-0.05, 0) is 13.8 Å². The number of aromatic nitrogens is 4. The topological polar surface area (TPSA) is 89.6 Å². The van der Waals surface area contributed by atoms with Crippen LogP contribution in [0.1, 0.15) is 13.8 Å². The van der Waals surface area contributed by atoms with Crippen LogP contribution in [0.2, 0.25) is 0 Å². The summed E-state index contributed by atoms with van der Waals surface area (Å²) in [6.45, 7) is 3.63. The van der Waals surface area contributed by atoms with Crippen molar-refractivity contribution in [2.45, 2.75) is 19.5 Å². The first-order valence-corrected chi connectivity index (χ1v) is 4.20. The highest BCUT2D eigenvalue weighted by Gasteiger charge is 2.18. The molecule has 6 nitrogen and oxygen atoms in total. The van der Waals surface area contributed by atoms with Crippen molar-refractivity contribution in [3.05, 3.63) is 23.0 Å². The molecule has 0 radical (unpaired) electrons. The predicted molar refractivity (Wildman–Crippen MR) is 51.7 cm³/mol. The quantitative estimate of drug-likeness (QED) is 0.654. The lowest BCUT2D eigenvalue weighted by molar-refractivity contribution is 0.380. The smallest absolute Gasteiger partial charge is 0.278 e. The third kappa shape index (κ3) is 1.20. The van der Waals surface area contributed by atoms with Gasteiger partial charge in [0.1, 0.15) is 0 Å². The van der Waals surface area contributed by atoms with Crippen LogP contribution < -0.4 is 11.3 Å². The molecule has 0 spiro atoms. The summed E-state index contributed by atoms with van der Waals surface area (Å²) in [6.07, 6.45) is 2.86. The van der Waals surface area contributed by atoms with Crippen molar-refractivity contribution < 1.29 is 0 Å². The molecule has 6 heteroatoms. The van der Waals surface area contributed by atoms with Crippen LogP contribution in [0, 0.1) is 0 Å². The second-order valence-corrected chi connectivity index (χ2v) is 3.67. The van der Waals surface area contributed by atoms with Gasteiger partial charge in [-0.15, -0.1) is 0 Å². The highest BCUT2D eigenvalue weighted by Crippen LogP contribution is 2.12. The second-order valence-electron chi connectivity index (χ2n) is 3.67. The first-order chi connectivity index (χ1) is 6.50. The Morgan fingerprint density at radius 2 is 2.21 bits per heavy atom. The molecule has 2 heterocycles. The number of imidazole rings is 1. The Morgan fingerprint density at radius 3 is 2.86 bits per heavy atom. The number of hydrogen-bond acceptors (Lipinski definition) is 4.